The number of hydrogen-bond acceptors (Lipinski definition) is 6. The fourth-order valence-corrected chi connectivity index (χ4v) is 4.78. The number of aromatic nitrogens is 2. The van der Waals surface area contributed by atoms with Gasteiger partial charge in [-0.2, -0.15) is 21.6 Å². The molecule has 0 spiro atoms. The second-order valence-electron chi connectivity index (χ2n) is 8.06. The van der Waals surface area contributed by atoms with Gasteiger partial charge in [0.25, 0.3) is 10.0 Å². The number of pyridine rings is 2. The molecule has 4 rings (SSSR count). The van der Waals surface area contributed by atoms with Crippen molar-refractivity contribution in [2.24, 2.45) is 0 Å². The first-order valence-electron chi connectivity index (χ1n) is 10.7. The molecule has 35 heavy (non-hydrogen) atoms. The number of halogens is 4. The SMILES string of the molecule is Cc1ccccc1-c1nc(NS(=O)(=O)c2cccc(N[C@@H]3CCCNC3)n2)ccc1C(F)(F)F.Cl. The molecule has 0 amide bonds. The first-order valence-corrected chi connectivity index (χ1v) is 12.2. The molecule has 0 bridgehead atoms. The van der Waals surface area contributed by atoms with Gasteiger partial charge >= 0.3 is 6.18 Å². The second-order valence-corrected chi connectivity index (χ2v) is 9.69. The summed E-state index contributed by atoms with van der Waals surface area (Å²) in [7, 11) is -4.19. The minimum Gasteiger partial charge on any atom is -0.366 e. The van der Waals surface area contributed by atoms with E-state index in [0.717, 1.165) is 38.1 Å². The summed E-state index contributed by atoms with van der Waals surface area (Å²) >= 11 is 0. The lowest BCUT2D eigenvalue weighted by Gasteiger charge is -2.24. The zero-order valence-electron chi connectivity index (χ0n) is 18.8. The van der Waals surface area contributed by atoms with Gasteiger partial charge in [-0.05, 0) is 56.1 Å². The molecule has 7 nitrogen and oxygen atoms in total. The molecule has 0 saturated carbocycles. The molecular weight excluding hydrogens is 503 g/mol. The molecule has 1 aliphatic rings. The van der Waals surface area contributed by atoms with E-state index in [4.69, 9.17) is 0 Å². The average molecular weight is 528 g/mol. The molecule has 2 aromatic heterocycles. The summed E-state index contributed by atoms with van der Waals surface area (Å²) in [6.45, 7) is 3.35. The number of benzene rings is 1. The average Bonchev–Trinajstić information content (AvgIpc) is 2.79. The van der Waals surface area contributed by atoms with Crippen LogP contribution in [0.5, 0.6) is 0 Å². The Morgan fingerprint density at radius 2 is 1.77 bits per heavy atom. The largest absolute Gasteiger partial charge is 0.418 e. The number of piperidine rings is 1. The zero-order valence-corrected chi connectivity index (χ0v) is 20.4. The summed E-state index contributed by atoms with van der Waals surface area (Å²) in [4.78, 5) is 8.22. The fourth-order valence-electron chi connectivity index (χ4n) is 3.81. The number of alkyl halides is 3. The van der Waals surface area contributed by atoms with Crippen LogP contribution < -0.4 is 15.4 Å². The van der Waals surface area contributed by atoms with Gasteiger partial charge in [0.1, 0.15) is 11.6 Å². The highest BCUT2D eigenvalue weighted by Crippen LogP contribution is 2.38. The highest BCUT2D eigenvalue weighted by Gasteiger charge is 2.35. The number of anilines is 2. The Bertz CT molecular complexity index is 1280. The molecular formula is C23H25ClF3N5O2S. The van der Waals surface area contributed by atoms with Gasteiger partial charge in [-0.15, -0.1) is 12.4 Å². The van der Waals surface area contributed by atoms with Crippen molar-refractivity contribution in [3.63, 3.8) is 0 Å². The standard InChI is InChI=1S/C23H24F3N5O2S.ClH/c1-15-6-2-3-8-17(15)22-18(23(24,25)26)11-12-20(30-22)31-34(32,33)21-10-4-9-19(29-21)28-16-7-5-13-27-14-16;/h2-4,6,8-12,16,27H,5,7,13-14H2,1H3,(H,28,29)(H,30,31);1H/t16-;/m1./s1. The lowest BCUT2D eigenvalue weighted by atomic mass is 10.0. The lowest BCUT2D eigenvalue weighted by molar-refractivity contribution is -0.137. The van der Waals surface area contributed by atoms with E-state index in [2.05, 4.69) is 25.3 Å². The molecule has 3 heterocycles. The Morgan fingerprint density at radius 1 is 1.00 bits per heavy atom. The van der Waals surface area contributed by atoms with E-state index >= 15 is 0 Å². The van der Waals surface area contributed by atoms with Crippen molar-refractivity contribution in [3.8, 4) is 11.3 Å². The zero-order chi connectivity index (χ0) is 24.3. The van der Waals surface area contributed by atoms with Crippen molar-refractivity contribution in [1.82, 2.24) is 15.3 Å². The highest BCUT2D eigenvalue weighted by molar-refractivity contribution is 7.92. The van der Waals surface area contributed by atoms with Gasteiger partial charge in [0.2, 0.25) is 0 Å². The molecule has 1 atom stereocenters. The molecule has 188 valence electrons. The van der Waals surface area contributed by atoms with Gasteiger partial charge in [-0.1, -0.05) is 30.3 Å². The maximum absolute atomic E-state index is 13.6. The van der Waals surface area contributed by atoms with Crippen LogP contribution in [0.1, 0.15) is 24.0 Å². The topological polar surface area (TPSA) is 96.0 Å². The van der Waals surface area contributed by atoms with Crippen molar-refractivity contribution < 1.29 is 21.6 Å². The Balaban J connectivity index is 0.00000342. The molecule has 1 fully saturated rings. The van der Waals surface area contributed by atoms with Gasteiger partial charge in [0, 0.05) is 18.2 Å². The predicted molar refractivity (Wildman–Crippen MR) is 131 cm³/mol. The molecule has 3 aromatic rings. The quantitative estimate of drug-likeness (QED) is 0.424. The van der Waals surface area contributed by atoms with Crippen molar-refractivity contribution >= 4 is 34.1 Å². The van der Waals surface area contributed by atoms with Crippen LogP contribution in [0, 0.1) is 6.92 Å². The molecule has 0 aliphatic carbocycles. The number of aryl methyl sites for hydroxylation is 1. The molecule has 12 heteroatoms. The van der Waals surface area contributed by atoms with Gasteiger partial charge < -0.3 is 10.6 Å². The summed E-state index contributed by atoms with van der Waals surface area (Å²) in [5, 5.41) is 6.21. The van der Waals surface area contributed by atoms with E-state index in [0.29, 0.717) is 11.4 Å². The minimum atomic E-state index is -4.66. The van der Waals surface area contributed by atoms with Crippen LogP contribution in [0.15, 0.2) is 59.6 Å². The third kappa shape index (κ3) is 6.41. The molecule has 0 unspecified atom stereocenters. The predicted octanol–water partition coefficient (Wildman–Crippen LogP) is 4.86. The lowest BCUT2D eigenvalue weighted by Crippen LogP contribution is -2.38. The Hall–Kier alpha value is -2.89. The third-order valence-electron chi connectivity index (χ3n) is 5.49. The molecule has 1 aromatic carbocycles. The van der Waals surface area contributed by atoms with E-state index in [-0.39, 0.29) is 40.6 Å². The summed E-state index contributed by atoms with van der Waals surface area (Å²) in [6, 6.07) is 13.0. The van der Waals surface area contributed by atoms with Crippen molar-refractivity contribution in [2.75, 3.05) is 23.1 Å². The van der Waals surface area contributed by atoms with Crippen LogP contribution in [0.4, 0.5) is 24.8 Å². The maximum Gasteiger partial charge on any atom is 0.418 e. The van der Waals surface area contributed by atoms with Crippen LogP contribution in [0.25, 0.3) is 11.3 Å². The van der Waals surface area contributed by atoms with Crippen molar-refractivity contribution in [1.29, 1.82) is 0 Å². The van der Waals surface area contributed by atoms with Crippen LogP contribution >= 0.6 is 12.4 Å². The number of sulfonamides is 1. The molecule has 1 saturated heterocycles. The Labute approximate surface area is 208 Å². The van der Waals surface area contributed by atoms with Gasteiger partial charge in [0.15, 0.2) is 5.03 Å². The highest BCUT2D eigenvalue weighted by atomic mass is 35.5. The monoisotopic (exact) mass is 527 g/mol. The Kier molecular flexibility index (Phi) is 8.24. The van der Waals surface area contributed by atoms with Crippen LogP contribution in [0.2, 0.25) is 0 Å². The van der Waals surface area contributed by atoms with Gasteiger partial charge in [0.05, 0.1) is 11.3 Å². The smallest absolute Gasteiger partial charge is 0.366 e. The summed E-state index contributed by atoms with van der Waals surface area (Å²) < 4.78 is 69.1. The maximum atomic E-state index is 13.6. The number of hydrogen-bond donors (Lipinski definition) is 3. The normalized spacial score (nSPS) is 16.3. The van der Waals surface area contributed by atoms with E-state index < -0.39 is 21.8 Å². The molecule has 1 aliphatic heterocycles. The van der Waals surface area contributed by atoms with E-state index in [1.807, 2.05) is 0 Å². The molecule has 0 radical (unpaired) electrons. The van der Waals surface area contributed by atoms with Crippen LogP contribution in [-0.2, 0) is 16.2 Å². The van der Waals surface area contributed by atoms with Gasteiger partial charge in [-0.3, -0.25) is 4.72 Å². The van der Waals surface area contributed by atoms with Crippen LogP contribution in [-0.4, -0.2) is 37.5 Å². The number of nitrogens with zero attached hydrogens (tertiary/aromatic N) is 2. The number of nitrogens with one attached hydrogen (secondary N) is 3. The summed E-state index contributed by atoms with van der Waals surface area (Å²) in [5.41, 5.74) is -0.450. The second kappa shape index (κ2) is 10.8. The third-order valence-corrected chi connectivity index (χ3v) is 6.74. The first kappa shape index (κ1) is 26.7. The summed E-state index contributed by atoms with van der Waals surface area (Å²) in [6.07, 6.45) is -2.72. The fraction of sp³-hybridized carbons (Fsp3) is 0.304. The first-order chi connectivity index (χ1) is 16.1. The van der Waals surface area contributed by atoms with Crippen molar-refractivity contribution in [3.05, 3.63) is 65.7 Å². The van der Waals surface area contributed by atoms with E-state index in [1.54, 1.807) is 37.3 Å². The van der Waals surface area contributed by atoms with E-state index in [1.165, 1.54) is 12.1 Å². The van der Waals surface area contributed by atoms with E-state index in [9.17, 15) is 21.6 Å². The number of rotatable bonds is 6. The van der Waals surface area contributed by atoms with Gasteiger partial charge in [-0.25, -0.2) is 9.97 Å². The Morgan fingerprint density at radius 3 is 2.46 bits per heavy atom. The van der Waals surface area contributed by atoms with Crippen molar-refractivity contribution in [2.45, 2.75) is 37.0 Å². The summed E-state index contributed by atoms with van der Waals surface area (Å²) in [5.74, 6) is 0.167. The van der Waals surface area contributed by atoms with Crippen LogP contribution in [0.3, 0.4) is 0 Å². The molecule has 3 N–H and O–H groups in total. The minimum absolute atomic E-state index is 0.